The minimum atomic E-state index is 0.0927. The molecule has 43 heavy (non-hydrogen) atoms. The van der Waals surface area contributed by atoms with Gasteiger partial charge in [0, 0.05) is 17.3 Å². The van der Waals surface area contributed by atoms with Crippen molar-refractivity contribution in [3.63, 3.8) is 0 Å². The largest absolute Gasteiger partial charge is 0.256 e. The van der Waals surface area contributed by atoms with Crippen LogP contribution in [0.15, 0.2) is 138 Å². The fourth-order valence-corrected chi connectivity index (χ4v) is 6.56. The van der Waals surface area contributed by atoms with Gasteiger partial charge in [0.2, 0.25) is 0 Å². The van der Waals surface area contributed by atoms with Crippen LogP contribution in [-0.4, -0.2) is 11.2 Å². The third-order valence-corrected chi connectivity index (χ3v) is 8.97. The lowest BCUT2D eigenvalue weighted by molar-refractivity contribution is 0.590. The number of nitrogens with zero attached hydrogens (tertiary/aromatic N) is 2. The van der Waals surface area contributed by atoms with Crippen molar-refractivity contribution < 1.29 is 0 Å². The van der Waals surface area contributed by atoms with Gasteiger partial charge < -0.3 is 0 Å². The number of thiazole rings is 1. The summed E-state index contributed by atoms with van der Waals surface area (Å²) in [4.78, 5) is 10.1. The maximum atomic E-state index is 5.21. The smallest absolute Gasteiger partial charge is 0.126 e. The highest BCUT2D eigenvalue weighted by Gasteiger charge is 2.15. The van der Waals surface area contributed by atoms with E-state index in [-0.39, 0.29) is 5.41 Å². The molecule has 0 saturated heterocycles. The highest BCUT2D eigenvalue weighted by atomic mass is 32.1. The highest BCUT2D eigenvalue weighted by Crippen LogP contribution is 2.40. The number of hydrogen-bond donors (Lipinski definition) is 0. The Morgan fingerprint density at radius 3 is 2.21 bits per heavy atom. The van der Waals surface area contributed by atoms with Crippen LogP contribution in [0.2, 0.25) is 0 Å². The maximum Gasteiger partial charge on any atom is 0.126 e. The third kappa shape index (κ3) is 5.52. The summed E-state index contributed by atoms with van der Waals surface area (Å²) in [5.41, 5.74) is 10.2. The van der Waals surface area contributed by atoms with Crippen LogP contribution in [0.4, 0.5) is 5.69 Å². The topological polar surface area (TPSA) is 25.2 Å². The molecule has 3 heteroatoms. The Labute approximate surface area is 257 Å². The van der Waals surface area contributed by atoms with Crippen molar-refractivity contribution in [2.45, 2.75) is 26.2 Å². The lowest BCUT2D eigenvalue weighted by Crippen LogP contribution is -2.11. The second kappa shape index (κ2) is 11.1. The molecule has 1 aromatic heterocycles. The van der Waals surface area contributed by atoms with Gasteiger partial charge in [-0.3, -0.25) is 4.99 Å². The van der Waals surface area contributed by atoms with Crippen LogP contribution in [0.3, 0.4) is 0 Å². The fraction of sp³-hybridized carbons (Fsp3) is 0.100. The summed E-state index contributed by atoms with van der Waals surface area (Å²) < 4.78 is 1.17. The van der Waals surface area contributed by atoms with Gasteiger partial charge >= 0.3 is 0 Å². The standard InChI is InChI=1S/C40H32N2S/c1-40(2,3)33-16-8-11-27(23-33)26-41-36-19-7-6-17-35(36)39-42-38-34(18-10-20-37(38)43-39)32-15-9-14-30(25-32)31-22-21-28-12-4-5-13-29(28)24-31/h4-26H,1-3H3. The number of aromatic nitrogens is 1. The van der Waals surface area contributed by atoms with Crippen molar-refractivity contribution in [2.24, 2.45) is 4.99 Å². The Bertz CT molecular complexity index is 2130. The number of para-hydroxylation sites is 2. The molecule has 0 fully saturated rings. The van der Waals surface area contributed by atoms with Crippen molar-refractivity contribution in [1.29, 1.82) is 0 Å². The third-order valence-electron chi connectivity index (χ3n) is 7.92. The number of benzene rings is 6. The van der Waals surface area contributed by atoms with E-state index >= 15 is 0 Å². The Morgan fingerprint density at radius 2 is 1.33 bits per heavy atom. The first-order chi connectivity index (χ1) is 20.9. The van der Waals surface area contributed by atoms with Crippen molar-refractivity contribution in [3.8, 4) is 32.8 Å². The van der Waals surface area contributed by atoms with Gasteiger partial charge in [0.25, 0.3) is 0 Å². The first-order valence-corrected chi connectivity index (χ1v) is 15.5. The summed E-state index contributed by atoms with van der Waals surface area (Å²) in [5, 5.41) is 3.48. The molecule has 2 nitrogen and oxygen atoms in total. The van der Waals surface area contributed by atoms with Crippen molar-refractivity contribution in [1.82, 2.24) is 4.98 Å². The summed E-state index contributed by atoms with van der Waals surface area (Å²) in [6.07, 6.45) is 1.96. The molecule has 0 aliphatic carbocycles. The Morgan fingerprint density at radius 1 is 0.605 bits per heavy atom. The predicted octanol–water partition coefficient (Wildman–Crippen LogP) is 11.5. The first kappa shape index (κ1) is 27.0. The molecule has 0 aliphatic heterocycles. The Balaban J connectivity index is 1.25. The molecule has 0 atom stereocenters. The van der Waals surface area contributed by atoms with Gasteiger partial charge in [0.1, 0.15) is 5.01 Å². The molecule has 6 aromatic carbocycles. The highest BCUT2D eigenvalue weighted by molar-refractivity contribution is 7.21. The summed E-state index contributed by atoms with van der Waals surface area (Å²) in [5.74, 6) is 0. The molecule has 7 aromatic rings. The van der Waals surface area contributed by atoms with Crippen LogP contribution in [0.5, 0.6) is 0 Å². The van der Waals surface area contributed by atoms with E-state index < -0.39 is 0 Å². The van der Waals surface area contributed by atoms with Crippen LogP contribution in [0.1, 0.15) is 31.9 Å². The Hall–Kier alpha value is -4.86. The number of fused-ring (bicyclic) bond motifs is 2. The molecule has 0 aliphatic rings. The molecule has 0 spiro atoms. The zero-order valence-corrected chi connectivity index (χ0v) is 25.4. The number of hydrogen-bond acceptors (Lipinski definition) is 3. The average Bonchev–Trinajstić information content (AvgIpc) is 3.48. The van der Waals surface area contributed by atoms with E-state index in [2.05, 4.69) is 148 Å². The fourth-order valence-electron chi connectivity index (χ4n) is 5.53. The van der Waals surface area contributed by atoms with E-state index in [0.717, 1.165) is 38.5 Å². The van der Waals surface area contributed by atoms with Gasteiger partial charge in [-0.25, -0.2) is 4.98 Å². The van der Waals surface area contributed by atoms with Gasteiger partial charge in [-0.05, 0) is 80.4 Å². The molecule has 0 amide bonds. The minimum Gasteiger partial charge on any atom is -0.256 e. The van der Waals surface area contributed by atoms with Crippen LogP contribution < -0.4 is 0 Å². The first-order valence-electron chi connectivity index (χ1n) is 14.7. The SMILES string of the molecule is CC(C)(C)c1cccc(C=Nc2ccccc2-c2nc3c(-c4cccc(-c5ccc6ccccc6c5)c4)cccc3s2)c1. The van der Waals surface area contributed by atoms with Gasteiger partial charge in [-0.15, -0.1) is 11.3 Å². The molecule has 1 heterocycles. The zero-order valence-electron chi connectivity index (χ0n) is 24.6. The van der Waals surface area contributed by atoms with E-state index in [9.17, 15) is 0 Å². The lowest BCUT2D eigenvalue weighted by Gasteiger charge is -2.19. The second-order valence-corrected chi connectivity index (χ2v) is 13.0. The quantitative estimate of drug-likeness (QED) is 0.188. The second-order valence-electron chi connectivity index (χ2n) is 12.0. The van der Waals surface area contributed by atoms with E-state index in [1.54, 1.807) is 11.3 Å². The summed E-state index contributed by atoms with van der Waals surface area (Å²) in [6.45, 7) is 6.71. The summed E-state index contributed by atoms with van der Waals surface area (Å²) >= 11 is 1.72. The van der Waals surface area contributed by atoms with E-state index in [1.165, 1.54) is 32.2 Å². The summed E-state index contributed by atoms with van der Waals surface area (Å²) in [6, 6.07) is 47.4. The Kier molecular flexibility index (Phi) is 6.96. The lowest BCUT2D eigenvalue weighted by atomic mass is 9.86. The van der Waals surface area contributed by atoms with E-state index in [1.807, 2.05) is 12.3 Å². The normalized spacial score (nSPS) is 12.0. The zero-order chi connectivity index (χ0) is 29.4. The van der Waals surface area contributed by atoms with Crippen LogP contribution >= 0.6 is 11.3 Å². The molecular weight excluding hydrogens is 541 g/mol. The van der Waals surface area contributed by atoms with Crippen LogP contribution in [-0.2, 0) is 5.41 Å². The van der Waals surface area contributed by atoms with E-state index in [4.69, 9.17) is 9.98 Å². The van der Waals surface area contributed by atoms with Gasteiger partial charge in [0.15, 0.2) is 0 Å². The van der Waals surface area contributed by atoms with Gasteiger partial charge in [0.05, 0.1) is 15.9 Å². The molecule has 208 valence electrons. The van der Waals surface area contributed by atoms with Crippen molar-refractivity contribution >= 4 is 44.2 Å². The van der Waals surface area contributed by atoms with Crippen molar-refractivity contribution in [2.75, 3.05) is 0 Å². The average molecular weight is 573 g/mol. The molecule has 7 rings (SSSR count). The van der Waals surface area contributed by atoms with Crippen LogP contribution in [0.25, 0.3) is 53.8 Å². The number of aliphatic imine (C=N–C) groups is 1. The molecule has 0 unspecified atom stereocenters. The maximum absolute atomic E-state index is 5.21. The number of rotatable bonds is 5. The van der Waals surface area contributed by atoms with Gasteiger partial charge in [-0.1, -0.05) is 118 Å². The monoisotopic (exact) mass is 572 g/mol. The van der Waals surface area contributed by atoms with Crippen LogP contribution in [0, 0.1) is 0 Å². The van der Waals surface area contributed by atoms with Gasteiger partial charge in [-0.2, -0.15) is 0 Å². The molecule has 0 bridgehead atoms. The molecular formula is C40H32N2S. The predicted molar refractivity (Wildman–Crippen MR) is 186 cm³/mol. The molecule has 0 saturated carbocycles. The minimum absolute atomic E-state index is 0.0927. The molecule has 0 radical (unpaired) electrons. The summed E-state index contributed by atoms with van der Waals surface area (Å²) in [7, 11) is 0. The van der Waals surface area contributed by atoms with Crippen molar-refractivity contribution in [3.05, 3.63) is 145 Å². The molecule has 0 N–H and O–H groups in total. The van der Waals surface area contributed by atoms with E-state index in [0.29, 0.717) is 0 Å².